The zero-order valence-electron chi connectivity index (χ0n) is 9.29. The number of fused-ring (bicyclic) bond motifs is 1. The van der Waals surface area contributed by atoms with Gasteiger partial charge < -0.3 is 5.73 Å². The van der Waals surface area contributed by atoms with Crippen LogP contribution in [0.15, 0.2) is 30.9 Å². The van der Waals surface area contributed by atoms with E-state index in [4.69, 9.17) is 5.73 Å². The van der Waals surface area contributed by atoms with Crippen molar-refractivity contribution in [1.29, 1.82) is 0 Å². The number of hydrogen-bond acceptors (Lipinski definition) is 5. The number of pyridine rings is 1. The lowest BCUT2D eigenvalue weighted by molar-refractivity contribution is 0.477. The first-order valence-electron chi connectivity index (χ1n) is 5.25. The number of nitrogen functional groups attached to an aromatic ring is 1. The number of rotatable bonds is 2. The number of aromatic nitrogens is 5. The van der Waals surface area contributed by atoms with Crippen LogP contribution in [-0.2, 0) is 6.67 Å². The molecule has 7 heteroatoms. The van der Waals surface area contributed by atoms with E-state index in [1.165, 1.54) is 6.33 Å². The fourth-order valence-corrected chi connectivity index (χ4v) is 1.82. The first-order valence-corrected chi connectivity index (χ1v) is 5.25. The summed E-state index contributed by atoms with van der Waals surface area (Å²) in [6, 6.07) is 3.50. The van der Waals surface area contributed by atoms with Gasteiger partial charge in [0.05, 0.1) is 5.69 Å². The van der Waals surface area contributed by atoms with Gasteiger partial charge in [-0.2, -0.15) is 0 Å². The molecule has 6 nitrogen and oxygen atoms in total. The van der Waals surface area contributed by atoms with Gasteiger partial charge in [-0.15, -0.1) is 10.2 Å². The number of hydrogen-bond donors (Lipinski definition) is 1. The van der Waals surface area contributed by atoms with Crippen molar-refractivity contribution in [2.75, 3.05) is 5.73 Å². The minimum absolute atomic E-state index is 0.282. The van der Waals surface area contributed by atoms with Crippen molar-refractivity contribution in [3.05, 3.63) is 36.5 Å². The number of anilines is 1. The maximum Gasteiger partial charge on any atom is 0.207 e. The molecule has 2 N–H and O–H groups in total. The van der Waals surface area contributed by atoms with Gasteiger partial charge in [0, 0.05) is 23.5 Å². The molecule has 0 amide bonds. The number of halogens is 1. The third kappa shape index (κ3) is 1.48. The molecule has 3 aromatic rings. The van der Waals surface area contributed by atoms with Crippen molar-refractivity contribution in [3.8, 4) is 11.1 Å². The predicted molar refractivity (Wildman–Crippen MR) is 63.2 cm³/mol. The largest absolute Gasteiger partial charge is 0.369 e. The van der Waals surface area contributed by atoms with Crippen LogP contribution in [0.2, 0.25) is 0 Å². The highest BCUT2D eigenvalue weighted by Crippen LogP contribution is 2.26. The molecule has 0 saturated heterocycles. The summed E-state index contributed by atoms with van der Waals surface area (Å²) in [5.41, 5.74) is 7.87. The molecule has 0 spiro atoms. The third-order valence-corrected chi connectivity index (χ3v) is 2.67. The van der Waals surface area contributed by atoms with Gasteiger partial charge in [-0.25, -0.2) is 9.37 Å². The Hall–Kier alpha value is -2.57. The van der Waals surface area contributed by atoms with E-state index in [9.17, 15) is 4.39 Å². The smallest absolute Gasteiger partial charge is 0.207 e. The van der Waals surface area contributed by atoms with Crippen LogP contribution in [0.3, 0.4) is 0 Å². The minimum Gasteiger partial charge on any atom is -0.369 e. The monoisotopic (exact) mass is 244 g/mol. The Morgan fingerprint density at radius 3 is 3.00 bits per heavy atom. The Kier molecular flexibility index (Phi) is 2.36. The van der Waals surface area contributed by atoms with Gasteiger partial charge in [0.2, 0.25) is 5.95 Å². The maximum atomic E-state index is 12.9. The van der Waals surface area contributed by atoms with Gasteiger partial charge in [-0.3, -0.25) is 9.38 Å². The second kappa shape index (κ2) is 4.02. The van der Waals surface area contributed by atoms with Crippen LogP contribution in [0.25, 0.3) is 16.8 Å². The fraction of sp³-hybridized carbons (Fsp3) is 0.0909. The molecule has 0 bridgehead atoms. The average molecular weight is 244 g/mol. The van der Waals surface area contributed by atoms with Crippen molar-refractivity contribution in [3.63, 3.8) is 0 Å². The summed E-state index contributed by atoms with van der Waals surface area (Å²) < 4.78 is 14.5. The van der Waals surface area contributed by atoms with E-state index in [0.717, 1.165) is 0 Å². The number of nitrogens with zero attached hydrogens (tertiary/aromatic N) is 5. The van der Waals surface area contributed by atoms with E-state index >= 15 is 0 Å². The minimum atomic E-state index is -0.652. The van der Waals surface area contributed by atoms with Crippen LogP contribution in [0.5, 0.6) is 0 Å². The summed E-state index contributed by atoms with van der Waals surface area (Å²) in [4.78, 5) is 8.04. The molecular formula is C11H9FN6. The summed E-state index contributed by atoms with van der Waals surface area (Å²) in [6.07, 6.45) is 4.56. The first kappa shape index (κ1) is 10.6. The summed E-state index contributed by atoms with van der Waals surface area (Å²) in [7, 11) is 0. The highest BCUT2D eigenvalue weighted by atomic mass is 19.1. The average Bonchev–Trinajstić information content (AvgIpc) is 2.89. The zero-order valence-corrected chi connectivity index (χ0v) is 9.29. The van der Waals surface area contributed by atoms with Crippen molar-refractivity contribution in [2.45, 2.75) is 6.67 Å². The molecule has 3 heterocycles. The fourth-order valence-electron chi connectivity index (χ4n) is 1.82. The van der Waals surface area contributed by atoms with E-state index < -0.39 is 6.67 Å². The third-order valence-electron chi connectivity index (χ3n) is 2.67. The Bertz CT molecular complexity index is 708. The van der Waals surface area contributed by atoms with E-state index in [-0.39, 0.29) is 5.95 Å². The van der Waals surface area contributed by atoms with E-state index in [1.54, 1.807) is 28.9 Å². The summed E-state index contributed by atoms with van der Waals surface area (Å²) in [5.74, 6) is 0.282. The molecule has 3 aromatic heterocycles. The van der Waals surface area contributed by atoms with Crippen molar-refractivity contribution >= 4 is 11.6 Å². The van der Waals surface area contributed by atoms with E-state index in [0.29, 0.717) is 22.5 Å². The molecule has 0 aromatic carbocycles. The van der Waals surface area contributed by atoms with Gasteiger partial charge in [-0.1, -0.05) is 6.07 Å². The summed E-state index contributed by atoms with van der Waals surface area (Å²) >= 11 is 0. The lowest BCUT2D eigenvalue weighted by Gasteiger charge is -2.07. The zero-order chi connectivity index (χ0) is 12.5. The van der Waals surface area contributed by atoms with Crippen LogP contribution in [0.4, 0.5) is 10.3 Å². The van der Waals surface area contributed by atoms with Crippen LogP contribution in [0.1, 0.15) is 5.69 Å². The van der Waals surface area contributed by atoms with Gasteiger partial charge in [0.1, 0.15) is 13.0 Å². The molecule has 0 fully saturated rings. The van der Waals surface area contributed by atoms with E-state index in [2.05, 4.69) is 20.2 Å². The molecular weight excluding hydrogens is 235 g/mol. The van der Waals surface area contributed by atoms with E-state index in [1.807, 2.05) is 0 Å². The number of alkyl halides is 1. The van der Waals surface area contributed by atoms with Crippen LogP contribution in [-0.4, -0.2) is 24.6 Å². The van der Waals surface area contributed by atoms with Crippen molar-refractivity contribution in [2.24, 2.45) is 0 Å². The number of nitrogens with two attached hydrogens (primary N) is 1. The predicted octanol–water partition coefficient (Wildman–Crippen LogP) is 1.24. The standard InChI is InChI=1S/C11H9FN6/c12-4-9-7(2-1-3-14-9)8-5-15-11(13)18-6-16-17-10(8)18/h1-3,5-6H,4H2,(H2,13,15). The molecule has 0 aliphatic rings. The summed E-state index contributed by atoms with van der Waals surface area (Å²) in [5, 5.41) is 7.76. The van der Waals surface area contributed by atoms with Crippen molar-refractivity contribution < 1.29 is 4.39 Å². The quantitative estimate of drug-likeness (QED) is 0.733. The molecule has 90 valence electrons. The highest BCUT2D eigenvalue weighted by Gasteiger charge is 2.13. The molecule has 0 aliphatic heterocycles. The molecule has 0 aliphatic carbocycles. The lowest BCUT2D eigenvalue weighted by Crippen LogP contribution is -2.01. The SMILES string of the molecule is Nc1ncc(-c2cccnc2CF)c2nncn12. The van der Waals surface area contributed by atoms with Gasteiger partial charge in [0.25, 0.3) is 0 Å². The maximum absolute atomic E-state index is 12.9. The molecule has 3 rings (SSSR count). The molecule has 0 atom stereocenters. The molecule has 0 saturated carbocycles. The second-order valence-electron chi connectivity index (χ2n) is 3.69. The van der Waals surface area contributed by atoms with Gasteiger partial charge in [-0.05, 0) is 6.07 Å². The van der Waals surface area contributed by atoms with Crippen LogP contribution < -0.4 is 5.73 Å². The second-order valence-corrected chi connectivity index (χ2v) is 3.69. The molecule has 0 radical (unpaired) electrons. The normalized spacial score (nSPS) is 10.9. The Labute approximate surface area is 101 Å². The highest BCUT2D eigenvalue weighted by molar-refractivity contribution is 5.78. The van der Waals surface area contributed by atoms with Crippen LogP contribution >= 0.6 is 0 Å². The molecule has 0 unspecified atom stereocenters. The lowest BCUT2D eigenvalue weighted by atomic mass is 10.1. The Balaban J connectivity index is 2.32. The molecule has 18 heavy (non-hydrogen) atoms. The first-order chi connectivity index (χ1) is 8.81. The van der Waals surface area contributed by atoms with Crippen molar-refractivity contribution in [1.82, 2.24) is 24.6 Å². The Morgan fingerprint density at radius 2 is 2.17 bits per heavy atom. The van der Waals surface area contributed by atoms with Gasteiger partial charge in [0.15, 0.2) is 5.65 Å². The Morgan fingerprint density at radius 1 is 1.28 bits per heavy atom. The van der Waals surface area contributed by atoms with Crippen LogP contribution in [0, 0.1) is 0 Å². The summed E-state index contributed by atoms with van der Waals surface area (Å²) in [6.45, 7) is -0.652. The van der Waals surface area contributed by atoms with Gasteiger partial charge >= 0.3 is 0 Å². The topological polar surface area (TPSA) is 82.0 Å².